The molecule has 3 rings (SSSR count). The first-order valence-corrected chi connectivity index (χ1v) is 13.7. The number of aliphatic hydroxyl groups excluding tert-OH is 1. The molecular weight excluding hydrogens is 468 g/mol. The van der Waals surface area contributed by atoms with Gasteiger partial charge in [0.25, 0.3) is 5.91 Å². The zero-order chi connectivity index (χ0) is 26.8. The summed E-state index contributed by atoms with van der Waals surface area (Å²) in [4.78, 5) is 30.9. The molecular formula is C30H42N2O5. The van der Waals surface area contributed by atoms with Crippen LogP contribution < -0.4 is 4.74 Å². The van der Waals surface area contributed by atoms with Crippen LogP contribution in [0.3, 0.4) is 0 Å². The number of carbonyl (C=O) groups is 2. The highest BCUT2D eigenvalue weighted by atomic mass is 16.5. The predicted molar refractivity (Wildman–Crippen MR) is 145 cm³/mol. The Labute approximate surface area is 221 Å². The molecule has 2 heterocycles. The summed E-state index contributed by atoms with van der Waals surface area (Å²) in [6, 6.07) is 10.0. The SMILES string of the molecule is CCCCN(CCCC)CCCN1C(=O)C(O)=C(C(=O)c2ccc(C)o2)C1c1cccc(OCCC)c1. The van der Waals surface area contributed by atoms with E-state index in [1.807, 2.05) is 31.2 Å². The number of aryl methyl sites for hydroxylation is 1. The van der Waals surface area contributed by atoms with Crippen LogP contribution in [-0.4, -0.2) is 59.4 Å². The fourth-order valence-electron chi connectivity index (χ4n) is 4.71. The van der Waals surface area contributed by atoms with Crippen molar-refractivity contribution in [2.75, 3.05) is 32.8 Å². The number of Topliss-reactive ketones (excluding diaryl/α,β-unsaturated/α-hetero) is 1. The number of unbranched alkanes of at least 4 members (excludes halogenated alkanes) is 2. The van der Waals surface area contributed by atoms with Crippen LogP contribution in [0.2, 0.25) is 0 Å². The third kappa shape index (κ3) is 7.25. The fraction of sp³-hybridized carbons (Fsp3) is 0.533. The molecule has 7 heteroatoms. The van der Waals surface area contributed by atoms with Crippen LogP contribution in [0.25, 0.3) is 0 Å². The normalized spacial score (nSPS) is 15.8. The molecule has 0 saturated carbocycles. The number of hydrogen-bond acceptors (Lipinski definition) is 6. The molecule has 1 aromatic heterocycles. The number of furan rings is 1. The molecule has 0 saturated heterocycles. The lowest BCUT2D eigenvalue weighted by Gasteiger charge is -2.28. The van der Waals surface area contributed by atoms with E-state index in [0.717, 1.165) is 63.7 Å². The summed E-state index contributed by atoms with van der Waals surface area (Å²) < 4.78 is 11.4. The number of amides is 1. The van der Waals surface area contributed by atoms with E-state index in [4.69, 9.17) is 9.15 Å². The van der Waals surface area contributed by atoms with Crippen LogP contribution in [0.4, 0.5) is 0 Å². The Kier molecular flexibility index (Phi) is 10.8. The highest BCUT2D eigenvalue weighted by Gasteiger charge is 2.44. The maximum absolute atomic E-state index is 13.5. The molecule has 1 unspecified atom stereocenters. The summed E-state index contributed by atoms with van der Waals surface area (Å²) in [5.74, 6) is -0.122. The Morgan fingerprint density at radius 1 is 1.03 bits per heavy atom. The third-order valence-corrected chi connectivity index (χ3v) is 6.69. The van der Waals surface area contributed by atoms with Crippen molar-refractivity contribution >= 4 is 11.7 Å². The Morgan fingerprint density at radius 2 is 1.73 bits per heavy atom. The molecule has 1 aliphatic heterocycles. The van der Waals surface area contributed by atoms with Crippen LogP contribution >= 0.6 is 0 Å². The summed E-state index contributed by atoms with van der Waals surface area (Å²) in [6.45, 7) is 12.1. The molecule has 2 aromatic rings. The molecule has 1 N–H and O–H groups in total. The Balaban J connectivity index is 1.88. The van der Waals surface area contributed by atoms with Crippen molar-refractivity contribution in [3.05, 3.63) is 64.8 Å². The molecule has 1 amide bonds. The molecule has 1 aliphatic rings. The molecule has 202 valence electrons. The molecule has 0 radical (unpaired) electrons. The lowest BCUT2D eigenvalue weighted by atomic mass is 9.95. The zero-order valence-electron chi connectivity index (χ0n) is 22.8. The third-order valence-electron chi connectivity index (χ3n) is 6.69. The summed E-state index contributed by atoms with van der Waals surface area (Å²) in [6.07, 6.45) is 6.18. The van der Waals surface area contributed by atoms with E-state index >= 15 is 0 Å². The number of hydrogen-bond donors (Lipinski definition) is 1. The highest BCUT2D eigenvalue weighted by Crippen LogP contribution is 2.40. The topological polar surface area (TPSA) is 83.2 Å². The van der Waals surface area contributed by atoms with Crippen LogP contribution in [0, 0.1) is 6.92 Å². The number of carbonyl (C=O) groups excluding carboxylic acids is 2. The van der Waals surface area contributed by atoms with Crippen molar-refractivity contribution in [1.82, 2.24) is 9.80 Å². The zero-order valence-corrected chi connectivity index (χ0v) is 22.8. The highest BCUT2D eigenvalue weighted by molar-refractivity contribution is 6.15. The number of nitrogens with zero attached hydrogens (tertiary/aromatic N) is 2. The van der Waals surface area contributed by atoms with Gasteiger partial charge in [-0.25, -0.2) is 0 Å². The van der Waals surface area contributed by atoms with Gasteiger partial charge in [-0.2, -0.15) is 0 Å². The van der Waals surface area contributed by atoms with E-state index in [-0.39, 0.29) is 11.3 Å². The molecule has 1 atom stereocenters. The van der Waals surface area contributed by atoms with E-state index in [1.165, 1.54) is 0 Å². The standard InChI is InChI=1S/C30H42N2O5/c1-5-8-16-31(17-9-6-2)18-11-19-32-27(23-12-10-13-24(21-23)36-20-7-3)26(29(34)30(32)35)28(33)25-15-14-22(4)37-25/h10,12-15,21,27,34H,5-9,11,16-20H2,1-4H3. The van der Waals surface area contributed by atoms with Crippen molar-refractivity contribution in [3.8, 4) is 5.75 Å². The minimum atomic E-state index is -0.713. The number of rotatable bonds is 16. The van der Waals surface area contributed by atoms with Gasteiger partial charge in [-0.15, -0.1) is 0 Å². The Bertz CT molecular complexity index is 1070. The van der Waals surface area contributed by atoms with E-state index in [0.29, 0.717) is 24.7 Å². The number of ketones is 1. The average Bonchev–Trinajstić information content (AvgIpc) is 3.45. The second-order valence-corrected chi connectivity index (χ2v) is 9.73. The smallest absolute Gasteiger partial charge is 0.290 e. The summed E-state index contributed by atoms with van der Waals surface area (Å²) in [7, 11) is 0. The van der Waals surface area contributed by atoms with Gasteiger partial charge in [0, 0.05) is 6.54 Å². The number of benzene rings is 1. The second kappa shape index (κ2) is 14.0. The molecule has 0 aliphatic carbocycles. The predicted octanol–water partition coefficient (Wildman–Crippen LogP) is 6.25. The van der Waals surface area contributed by atoms with Gasteiger partial charge in [0.15, 0.2) is 11.5 Å². The van der Waals surface area contributed by atoms with Gasteiger partial charge >= 0.3 is 0 Å². The molecule has 0 bridgehead atoms. The van der Waals surface area contributed by atoms with Crippen LogP contribution in [0.15, 0.2) is 52.1 Å². The first kappa shape index (κ1) is 28.5. The summed E-state index contributed by atoms with van der Waals surface area (Å²) in [5, 5.41) is 10.9. The number of aliphatic hydroxyl groups is 1. The molecule has 0 spiro atoms. The van der Waals surface area contributed by atoms with Gasteiger partial charge in [0.2, 0.25) is 5.78 Å². The largest absolute Gasteiger partial charge is 0.503 e. The van der Waals surface area contributed by atoms with Gasteiger partial charge < -0.3 is 24.1 Å². The Morgan fingerprint density at radius 3 is 2.35 bits per heavy atom. The lowest BCUT2D eigenvalue weighted by Crippen LogP contribution is -2.35. The first-order chi connectivity index (χ1) is 17.9. The van der Waals surface area contributed by atoms with E-state index < -0.39 is 23.5 Å². The quantitative estimate of drug-likeness (QED) is 0.269. The van der Waals surface area contributed by atoms with E-state index in [9.17, 15) is 14.7 Å². The van der Waals surface area contributed by atoms with Gasteiger partial charge in [0.1, 0.15) is 11.5 Å². The summed E-state index contributed by atoms with van der Waals surface area (Å²) in [5.41, 5.74) is 0.785. The monoisotopic (exact) mass is 510 g/mol. The molecule has 0 fully saturated rings. The van der Waals surface area contributed by atoms with Gasteiger partial charge in [-0.3, -0.25) is 9.59 Å². The van der Waals surface area contributed by atoms with E-state index in [1.54, 1.807) is 24.0 Å². The summed E-state index contributed by atoms with van der Waals surface area (Å²) >= 11 is 0. The number of ether oxygens (including phenoxy) is 1. The van der Waals surface area contributed by atoms with Crippen LogP contribution in [0.5, 0.6) is 5.75 Å². The maximum Gasteiger partial charge on any atom is 0.290 e. The fourth-order valence-corrected chi connectivity index (χ4v) is 4.71. The van der Waals surface area contributed by atoms with Crippen LogP contribution in [-0.2, 0) is 4.79 Å². The average molecular weight is 511 g/mol. The van der Waals surface area contributed by atoms with E-state index in [2.05, 4.69) is 18.7 Å². The van der Waals surface area contributed by atoms with Crippen molar-refractivity contribution in [2.24, 2.45) is 0 Å². The van der Waals surface area contributed by atoms with Crippen LogP contribution in [0.1, 0.15) is 87.2 Å². The molecule has 1 aromatic carbocycles. The lowest BCUT2D eigenvalue weighted by molar-refractivity contribution is -0.129. The minimum absolute atomic E-state index is 0.0563. The molecule has 7 nitrogen and oxygen atoms in total. The van der Waals surface area contributed by atoms with Crippen molar-refractivity contribution in [2.45, 2.75) is 72.3 Å². The van der Waals surface area contributed by atoms with Gasteiger partial charge in [0.05, 0.1) is 18.2 Å². The van der Waals surface area contributed by atoms with Gasteiger partial charge in [-0.05, 0) is 82.1 Å². The van der Waals surface area contributed by atoms with Gasteiger partial charge in [-0.1, -0.05) is 45.7 Å². The second-order valence-electron chi connectivity index (χ2n) is 9.73. The molecule has 37 heavy (non-hydrogen) atoms. The van der Waals surface area contributed by atoms with Crippen molar-refractivity contribution in [3.63, 3.8) is 0 Å². The van der Waals surface area contributed by atoms with Crippen molar-refractivity contribution in [1.29, 1.82) is 0 Å². The van der Waals surface area contributed by atoms with Crippen molar-refractivity contribution < 1.29 is 23.8 Å². The maximum atomic E-state index is 13.5. The minimum Gasteiger partial charge on any atom is -0.503 e. The Hall–Kier alpha value is -3.06. The first-order valence-electron chi connectivity index (χ1n) is 13.7.